The van der Waals surface area contributed by atoms with E-state index in [2.05, 4.69) is 5.32 Å². The molecule has 1 aromatic rings. The Labute approximate surface area is 101 Å². The molecule has 4 nitrogen and oxygen atoms in total. The lowest BCUT2D eigenvalue weighted by Crippen LogP contribution is -2.24. The van der Waals surface area contributed by atoms with Gasteiger partial charge in [0.2, 0.25) is 6.41 Å². The van der Waals surface area contributed by atoms with Crippen LogP contribution in [0.2, 0.25) is 0 Å². The minimum atomic E-state index is -0.927. The van der Waals surface area contributed by atoms with E-state index in [9.17, 15) is 9.59 Å². The Morgan fingerprint density at radius 1 is 1.35 bits per heavy atom. The lowest BCUT2D eigenvalue weighted by Gasteiger charge is -2.20. The van der Waals surface area contributed by atoms with E-state index in [0.717, 1.165) is 22.3 Å². The number of carboxylic acid groups (broad SMARTS) is 1. The fraction of sp³-hybridized carbons (Fsp3) is 0.385. The summed E-state index contributed by atoms with van der Waals surface area (Å²) in [6, 6.07) is 3.51. The molecule has 1 atom stereocenters. The van der Waals surface area contributed by atoms with Gasteiger partial charge in [0.15, 0.2) is 0 Å². The molecule has 0 fully saturated rings. The van der Waals surface area contributed by atoms with Crippen molar-refractivity contribution in [2.45, 2.75) is 33.2 Å². The van der Waals surface area contributed by atoms with Crippen molar-refractivity contribution in [2.75, 3.05) is 0 Å². The number of hydrogen-bond acceptors (Lipinski definition) is 2. The first-order valence-corrected chi connectivity index (χ1v) is 5.45. The molecule has 0 saturated carbocycles. The molecule has 1 amide bonds. The summed E-state index contributed by atoms with van der Waals surface area (Å²) in [5.41, 5.74) is 4.03. The summed E-state index contributed by atoms with van der Waals surface area (Å²) in [5, 5.41) is 11.4. The molecule has 4 heteroatoms. The van der Waals surface area contributed by atoms with Crippen LogP contribution in [-0.2, 0) is 9.59 Å². The Morgan fingerprint density at radius 3 is 2.29 bits per heavy atom. The predicted octanol–water partition coefficient (Wildman–Crippen LogP) is 1.87. The maximum absolute atomic E-state index is 10.8. The van der Waals surface area contributed by atoms with Gasteiger partial charge in [-0.3, -0.25) is 9.59 Å². The molecule has 17 heavy (non-hydrogen) atoms. The molecule has 0 bridgehead atoms. The first-order valence-electron chi connectivity index (χ1n) is 5.45. The van der Waals surface area contributed by atoms with Crippen molar-refractivity contribution < 1.29 is 14.7 Å². The smallest absolute Gasteiger partial charge is 0.305 e. The van der Waals surface area contributed by atoms with Crippen LogP contribution in [-0.4, -0.2) is 17.5 Å². The number of carboxylic acids is 1. The molecule has 0 aliphatic carbocycles. The number of carbonyl (C=O) groups is 2. The SMILES string of the molecule is Cc1cc(C)c(C(CC(=O)O)NC=O)c(C)c1. The first-order chi connectivity index (χ1) is 7.95. The van der Waals surface area contributed by atoms with E-state index in [4.69, 9.17) is 5.11 Å². The second-order valence-corrected chi connectivity index (χ2v) is 4.25. The molecule has 92 valence electrons. The van der Waals surface area contributed by atoms with Gasteiger partial charge in [0.25, 0.3) is 0 Å². The predicted molar refractivity (Wildman–Crippen MR) is 64.8 cm³/mol. The normalized spacial score (nSPS) is 11.9. The molecule has 1 aromatic carbocycles. The fourth-order valence-corrected chi connectivity index (χ4v) is 2.24. The Hall–Kier alpha value is -1.84. The Balaban J connectivity index is 3.17. The van der Waals surface area contributed by atoms with Gasteiger partial charge in [0, 0.05) is 0 Å². The monoisotopic (exact) mass is 235 g/mol. The first kappa shape index (κ1) is 13.2. The molecule has 0 aliphatic heterocycles. The molecule has 2 N–H and O–H groups in total. The molecule has 1 unspecified atom stereocenters. The van der Waals surface area contributed by atoms with E-state index in [1.807, 2.05) is 32.9 Å². The highest BCUT2D eigenvalue weighted by atomic mass is 16.4. The van der Waals surface area contributed by atoms with Gasteiger partial charge in [0.05, 0.1) is 12.5 Å². The summed E-state index contributed by atoms with van der Waals surface area (Å²) in [7, 11) is 0. The molecular weight excluding hydrogens is 218 g/mol. The van der Waals surface area contributed by atoms with Crippen LogP contribution in [0.15, 0.2) is 12.1 Å². The van der Waals surface area contributed by atoms with Crippen LogP contribution >= 0.6 is 0 Å². The van der Waals surface area contributed by atoms with Gasteiger partial charge >= 0.3 is 5.97 Å². The molecular formula is C13H17NO3. The fourth-order valence-electron chi connectivity index (χ4n) is 2.24. The number of nitrogens with one attached hydrogen (secondary N) is 1. The van der Waals surface area contributed by atoms with Crippen molar-refractivity contribution in [1.82, 2.24) is 5.32 Å². The largest absolute Gasteiger partial charge is 0.481 e. The van der Waals surface area contributed by atoms with Crippen molar-refractivity contribution >= 4 is 12.4 Å². The number of aryl methyl sites for hydroxylation is 3. The molecule has 0 heterocycles. The molecule has 0 aliphatic rings. The number of benzene rings is 1. The summed E-state index contributed by atoms with van der Waals surface area (Å²) >= 11 is 0. The van der Waals surface area contributed by atoms with E-state index in [-0.39, 0.29) is 6.42 Å². The number of amides is 1. The third kappa shape index (κ3) is 3.31. The van der Waals surface area contributed by atoms with Gasteiger partial charge in [-0.1, -0.05) is 17.7 Å². The summed E-state index contributed by atoms with van der Waals surface area (Å²) in [6.45, 7) is 5.84. The summed E-state index contributed by atoms with van der Waals surface area (Å²) < 4.78 is 0. The Bertz CT molecular complexity index is 417. The highest BCUT2D eigenvalue weighted by Crippen LogP contribution is 2.25. The van der Waals surface area contributed by atoms with Gasteiger partial charge in [0.1, 0.15) is 0 Å². The van der Waals surface area contributed by atoms with Gasteiger partial charge in [-0.2, -0.15) is 0 Å². The maximum atomic E-state index is 10.8. The van der Waals surface area contributed by atoms with E-state index in [1.165, 1.54) is 0 Å². The molecule has 0 spiro atoms. The number of carbonyl (C=O) groups excluding carboxylic acids is 1. The number of hydrogen-bond donors (Lipinski definition) is 2. The second-order valence-electron chi connectivity index (χ2n) is 4.25. The Kier molecular flexibility index (Phi) is 4.26. The zero-order valence-electron chi connectivity index (χ0n) is 10.3. The van der Waals surface area contributed by atoms with Crippen molar-refractivity contribution in [3.8, 4) is 0 Å². The zero-order valence-corrected chi connectivity index (χ0v) is 10.3. The topological polar surface area (TPSA) is 66.4 Å². The molecule has 0 saturated heterocycles. The van der Waals surface area contributed by atoms with Crippen molar-refractivity contribution in [3.63, 3.8) is 0 Å². The zero-order chi connectivity index (χ0) is 13.0. The highest BCUT2D eigenvalue weighted by molar-refractivity contribution is 5.69. The van der Waals surface area contributed by atoms with E-state index < -0.39 is 12.0 Å². The third-order valence-corrected chi connectivity index (χ3v) is 2.73. The van der Waals surface area contributed by atoms with E-state index >= 15 is 0 Å². The van der Waals surface area contributed by atoms with Crippen LogP contribution in [0.3, 0.4) is 0 Å². The van der Waals surface area contributed by atoms with Crippen LogP contribution in [0.5, 0.6) is 0 Å². The molecule has 0 aromatic heterocycles. The lowest BCUT2D eigenvalue weighted by atomic mass is 9.92. The average Bonchev–Trinajstić information content (AvgIpc) is 2.14. The molecule has 1 rings (SSSR count). The van der Waals surface area contributed by atoms with Crippen molar-refractivity contribution in [2.24, 2.45) is 0 Å². The van der Waals surface area contributed by atoms with Gasteiger partial charge in [-0.05, 0) is 37.5 Å². The minimum absolute atomic E-state index is 0.108. The van der Waals surface area contributed by atoms with Gasteiger partial charge in [-0.25, -0.2) is 0 Å². The maximum Gasteiger partial charge on any atom is 0.305 e. The van der Waals surface area contributed by atoms with Gasteiger partial charge in [-0.15, -0.1) is 0 Å². The van der Waals surface area contributed by atoms with Crippen LogP contribution in [0.1, 0.15) is 34.7 Å². The highest BCUT2D eigenvalue weighted by Gasteiger charge is 2.18. The van der Waals surface area contributed by atoms with Crippen molar-refractivity contribution in [1.29, 1.82) is 0 Å². The van der Waals surface area contributed by atoms with Gasteiger partial charge < -0.3 is 10.4 Å². The average molecular weight is 235 g/mol. The minimum Gasteiger partial charge on any atom is -0.481 e. The molecule has 0 radical (unpaired) electrons. The standard InChI is InChI=1S/C13H17NO3/c1-8-4-9(2)13(10(3)5-8)11(14-7-15)6-12(16)17/h4-5,7,11H,6H2,1-3H3,(H,14,15)(H,16,17). The van der Waals surface area contributed by atoms with Crippen LogP contribution in [0.25, 0.3) is 0 Å². The quantitative estimate of drug-likeness (QED) is 0.766. The van der Waals surface area contributed by atoms with Crippen molar-refractivity contribution in [3.05, 3.63) is 34.4 Å². The van der Waals surface area contributed by atoms with Crippen LogP contribution in [0, 0.1) is 20.8 Å². The number of aliphatic carboxylic acids is 1. The number of rotatable bonds is 5. The lowest BCUT2D eigenvalue weighted by molar-refractivity contribution is -0.137. The summed E-state index contributed by atoms with van der Waals surface area (Å²) in [4.78, 5) is 21.3. The van der Waals surface area contributed by atoms with Crippen LogP contribution in [0.4, 0.5) is 0 Å². The second kappa shape index (κ2) is 5.48. The Morgan fingerprint density at radius 2 is 1.88 bits per heavy atom. The summed E-state index contributed by atoms with van der Waals surface area (Å²) in [5.74, 6) is -0.927. The van der Waals surface area contributed by atoms with E-state index in [0.29, 0.717) is 6.41 Å². The summed E-state index contributed by atoms with van der Waals surface area (Å²) in [6.07, 6.45) is 0.440. The van der Waals surface area contributed by atoms with Crippen LogP contribution < -0.4 is 5.32 Å². The third-order valence-electron chi connectivity index (χ3n) is 2.73. The van der Waals surface area contributed by atoms with E-state index in [1.54, 1.807) is 0 Å².